The van der Waals surface area contributed by atoms with Crippen molar-refractivity contribution in [2.75, 3.05) is 5.32 Å². The number of halogens is 4. The van der Waals surface area contributed by atoms with Crippen molar-refractivity contribution in [1.82, 2.24) is 9.78 Å². The molecule has 140 valence electrons. The largest absolute Gasteiger partial charge is 0.416 e. The summed E-state index contributed by atoms with van der Waals surface area (Å²) in [4.78, 5) is 12.4. The maximum atomic E-state index is 13.4. The topological polar surface area (TPSA) is 46.9 Å². The van der Waals surface area contributed by atoms with Crippen LogP contribution >= 0.6 is 0 Å². The highest BCUT2D eigenvalue weighted by Gasteiger charge is 2.30. The van der Waals surface area contributed by atoms with Gasteiger partial charge in [0.15, 0.2) is 5.69 Å². The third-order valence-corrected chi connectivity index (χ3v) is 4.01. The Morgan fingerprint density at radius 3 is 2.52 bits per heavy atom. The highest BCUT2D eigenvalue weighted by Crippen LogP contribution is 2.31. The maximum Gasteiger partial charge on any atom is 0.416 e. The minimum Gasteiger partial charge on any atom is -0.321 e. The molecule has 0 unspecified atom stereocenters. The van der Waals surface area contributed by atoms with Crippen LogP contribution in [0.15, 0.2) is 48.5 Å². The zero-order valence-corrected chi connectivity index (χ0v) is 14.4. The molecule has 0 aliphatic rings. The Hall–Kier alpha value is -3.16. The molecule has 0 aliphatic carbocycles. The van der Waals surface area contributed by atoms with Crippen LogP contribution in [-0.4, -0.2) is 15.7 Å². The fourth-order valence-corrected chi connectivity index (χ4v) is 2.62. The highest BCUT2D eigenvalue weighted by molar-refractivity contribution is 6.03. The zero-order valence-electron chi connectivity index (χ0n) is 14.4. The average molecular weight is 377 g/mol. The van der Waals surface area contributed by atoms with Gasteiger partial charge in [0.05, 0.1) is 11.3 Å². The van der Waals surface area contributed by atoms with Gasteiger partial charge in [-0.25, -0.2) is 4.39 Å². The normalized spacial score (nSPS) is 11.5. The summed E-state index contributed by atoms with van der Waals surface area (Å²) in [5.74, 6) is -0.988. The number of hydrogen-bond acceptors (Lipinski definition) is 2. The van der Waals surface area contributed by atoms with Crippen molar-refractivity contribution in [1.29, 1.82) is 0 Å². The number of aromatic nitrogens is 2. The number of aryl methyl sites for hydroxylation is 2. The molecule has 0 radical (unpaired) electrons. The lowest BCUT2D eigenvalue weighted by Crippen LogP contribution is -2.14. The van der Waals surface area contributed by atoms with Crippen LogP contribution in [-0.2, 0) is 13.2 Å². The zero-order chi connectivity index (χ0) is 19.8. The van der Waals surface area contributed by atoms with Crippen molar-refractivity contribution in [3.8, 4) is 11.3 Å². The monoisotopic (exact) mass is 377 g/mol. The molecule has 0 fully saturated rings. The fourth-order valence-electron chi connectivity index (χ4n) is 2.62. The van der Waals surface area contributed by atoms with E-state index in [4.69, 9.17) is 0 Å². The van der Waals surface area contributed by atoms with Crippen LogP contribution in [0.1, 0.15) is 21.6 Å². The Morgan fingerprint density at radius 1 is 1.11 bits per heavy atom. The van der Waals surface area contributed by atoms with Gasteiger partial charge >= 0.3 is 6.18 Å². The van der Waals surface area contributed by atoms with Crippen LogP contribution in [0.4, 0.5) is 23.2 Å². The van der Waals surface area contributed by atoms with Gasteiger partial charge in [-0.3, -0.25) is 9.48 Å². The average Bonchev–Trinajstić information content (AvgIpc) is 2.99. The van der Waals surface area contributed by atoms with Gasteiger partial charge in [0.2, 0.25) is 0 Å². The highest BCUT2D eigenvalue weighted by atomic mass is 19.4. The van der Waals surface area contributed by atoms with Crippen molar-refractivity contribution in [2.45, 2.75) is 13.1 Å². The molecule has 0 saturated heterocycles. The van der Waals surface area contributed by atoms with E-state index >= 15 is 0 Å². The molecular weight excluding hydrogens is 362 g/mol. The summed E-state index contributed by atoms with van der Waals surface area (Å²) in [7, 11) is 1.62. The van der Waals surface area contributed by atoms with Gasteiger partial charge in [0, 0.05) is 18.3 Å². The molecule has 2 aromatic carbocycles. The summed E-state index contributed by atoms with van der Waals surface area (Å²) in [5, 5.41) is 6.50. The van der Waals surface area contributed by atoms with Crippen LogP contribution in [0.2, 0.25) is 0 Å². The van der Waals surface area contributed by atoms with Crippen LogP contribution < -0.4 is 5.32 Å². The standard InChI is InChI=1S/C19H15F4N3O/c1-11-8-12(6-7-15(11)20)17-10-16(25-26(17)2)18(27)24-14-5-3-4-13(9-14)19(21,22)23/h3-10H,1-2H3,(H,24,27). The predicted octanol–water partition coefficient (Wildman–Crippen LogP) is 4.81. The summed E-state index contributed by atoms with van der Waals surface area (Å²) in [6, 6.07) is 10.4. The van der Waals surface area contributed by atoms with Crippen LogP contribution in [0.3, 0.4) is 0 Å². The van der Waals surface area contributed by atoms with Gasteiger partial charge in [0.25, 0.3) is 5.91 Å². The lowest BCUT2D eigenvalue weighted by atomic mass is 10.1. The van der Waals surface area contributed by atoms with Gasteiger partial charge in [0.1, 0.15) is 5.82 Å². The third kappa shape index (κ3) is 3.99. The minimum absolute atomic E-state index is 0.0136. The Morgan fingerprint density at radius 2 is 1.85 bits per heavy atom. The van der Waals surface area contributed by atoms with Crippen molar-refractivity contribution >= 4 is 11.6 Å². The van der Waals surface area contributed by atoms with Crippen LogP contribution in [0.25, 0.3) is 11.3 Å². The van der Waals surface area contributed by atoms with Gasteiger partial charge in [-0.2, -0.15) is 18.3 Å². The number of nitrogens with zero attached hydrogens (tertiary/aromatic N) is 2. The van der Waals surface area contributed by atoms with Gasteiger partial charge in [-0.05, 0) is 55.0 Å². The molecule has 1 heterocycles. The number of amides is 1. The first kappa shape index (κ1) is 18.6. The molecule has 1 aromatic heterocycles. The summed E-state index contributed by atoms with van der Waals surface area (Å²) in [5.41, 5.74) is 0.883. The fraction of sp³-hybridized carbons (Fsp3) is 0.158. The number of hydrogen-bond donors (Lipinski definition) is 1. The van der Waals surface area contributed by atoms with E-state index in [1.807, 2.05) is 0 Å². The third-order valence-electron chi connectivity index (χ3n) is 4.01. The first-order valence-electron chi connectivity index (χ1n) is 7.94. The van der Waals surface area contributed by atoms with E-state index in [-0.39, 0.29) is 17.2 Å². The maximum absolute atomic E-state index is 13.4. The van der Waals surface area contributed by atoms with E-state index in [9.17, 15) is 22.4 Å². The smallest absolute Gasteiger partial charge is 0.321 e. The van der Waals surface area contributed by atoms with Gasteiger partial charge < -0.3 is 5.32 Å². The van der Waals surface area contributed by atoms with E-state index in [1.54, 1.807) is 26.1 Å². The number of anilines is 1. The molecule has 27 heavy (non-hydrogen) atoms. The quantitative estimate of drug-likeness (QED) is 0.666. The molecule has 1 N–H and O–H groups in total. The summed E-state index contributed by atoms with van der Waals surface area (Å²) >= 11 is 0. The molecule has 0 aliphatic heterocycles. The number of nitrogens with one attached hydrogen (secondary N) is 1. The van der Waals surface area contributed by atoms with E-state index in [0.29, 0.717) is 16.8 Å². The number of benzene rings is 2. The van der Waals surface area contributed by atoms with Crippen molar-refractivity contribution in [2.24, 2.45) is 7.05 Å². The van der Waals surface area contributed by atoms with E-state index < -0.39 is 17.6 Å². The molecule has 3 rings (SSSR count). The van der Waals surface area contributed by atoms with E-state index in [0.717, 1.165) is 12.1 Å². The minimum atomic E-state index is -4.50. The lowest BCUT2D eigenvalue weighted by molar-refractivity contribution is -0.137. The Balaban J connectivity index is 1.85. The first-order chi connectivity index (χ1) is 12.6. The van der Waals surface area contributed by atoms with Crippen LogP contribution in [0, 0.1) is 12.7 Å². The van der Waals surface area contributed by atoms with Gasteiger partial charge in [-0.15, -0.1) is 0 Å². The van der Waals surface area contributed by atoms with Crippen molar-refractivity contribution in [3.63, 3.8) is 0 Å². The molecular formula is C19H15F4N3O. The number of carbonyl (C=O) groups is 1. The Bertz CT molecular complexity index is 1010. The molecule has 0 spiro atoms. The summed E-state index contributed by atoms with van der Waals surface area (Å²) in [6.45, 7) is 1.62. The predicted molar refractivity (Wildman–Crippen MR) is 92.7 cm³/mol. The lowest BCUT2D eigenvalue weighted by Gasteiger charge is -2.09. The van der Waals surface area contributed by atoms with E-state index in [1.165, 1.54) is 28.9 Å². The van der Waals surface area contributed by atoms with Crippen LogP contribution in [0.5, 0.6) is 0 Å². The second-order valence-electron chi connectivity index (χ2n) is 6.04. The second-order valence-corrected chi connectivity index (χ2v) is 6.04. The molecule has 8 heteroatoms. The molecule has 0 atom stereocenters. The summed E-state index contributed by atoms with van der Waals surface area (Å²) < 4.78 is 53.2. The molecule has 0 bridgehead atoms. The van der Waals surface area contributed by atoms with Gasteiger partial charge in [-0.1, -0.05) is 6.07 Å². The number of carbonyl (C=O) groups excluding carboxylic acids is 1. The molecule has 1 amide bonds. The Labute approximate surface area is 152 Å². The molecule has 4 nitrogen and oxygen atoms in total. The molecule has 3 aromatic rings. The molecule has 0 saturated carbocycles. The first-order valence-corrected chi connectivity index (χ1v) is 7.94. The number of rotatable bonds is 3. The summed E-state index contributed by atoms with van der Waals surface area (Å²) in [6.07, 6.45) is -4.50. The van der Waals surface area contributed by atoms with Crippen molar-refractivity contribution in [3.05, 3.63) is 71.2 Å². The second kappa shape index (κ2) is 6.86. The Kier molecular flexibility index (Phi) is 4.73. The number of alkyl halides is 3. The van der Waals surface area contributed by atoms with Crippen molar-refractivity contribution < 1.29 is 22.4 Å². The van der Waals surface area contributed by atoms with E-state index in [2.05, 4.69) is 10.4 Å². The SMILES string of the molecule is Cc1cc(-c2cc(C(=O)Nc3cccc(C(F)(F)F)c3)nn2C)ccc1F.